The van der Waals surface area contributed by atoms with Crippen LogP contribution >= 0.6 is 11.6 Å². The SMILES string of the molecule is Cc1c(Cl)cccc1NC(=O)c1ccc(C(=O)Nc2cccc(C#N)c2)cc1. The van der Waals surface area contributed by atoms with Gasteiger partial charge in [-0.3, -0.25) is 9.59 Å². The highest BCUT2D eigenvalue weighted by molar-refractivity contribution is 6.31. The largest absolute Gasteiger partial charge is 0.322 e. The van der Waals surface area contributed by atoms with Crippen LogP contribution in [0.4, 0.5) is 11.4 Å². The van der Waals surface area contributed by atoms with Crippen molar-refractivity contribution >= 4 is 34.8 Å². The Morgan fingerprint density at radius 1 is 0.893 bits per heavy atom. The number of nitrogens with zero attached hydrogens (tertiary/aromatic N) is 1. The molecule has 2 amide bonds. The first-order valence-corrected chi connectivity index (χ1v) is 8.84. The van der Waals surface area contributed by atoms with Crippen molar-refractivity contribution in [2.24, 2.45) is 0 Å². The van der Waals surface area contributed by atoms with E-state index >= 15 is 0 Å². The Morgan fingerprint density at radius 2 is 1.50 bits per heavy atom. The number of hydrogen-bond donors (Lipinski definition) is 2. The van der Waals surface area contributed by atoms with Crippen LogP contribution in [0.3, 0.4) is 0 Å². The number of rotatable bonds is 4. The molecule has 0 aromatic heterocycles. The summed E-state index contributed by atoms with van der Waals surface area (Å²) in [5, 5.41) is 15.0. The second-order valence-corrected chi connectivity index (χ2v) is 6.50. The van der Waals surface area contributed by atoms with E-state index in [2.05, 4.69) is 10.6 Å². The van der Waals surface area contributed by atoms with Crippen molar-refractivity contribution < 1.29 is 9.59 Å². The van der Waals surface area contributed by atoms with Crippen LogP contribution in [0.2, 0.25) is 5.02 Å². The second-order valence-electron chi connectivity index (χ2n) is 6.09. The molecule has 0 saturated heterocycles. The number of carbonyl (C=O) groups is 2. The van der Waals surface area contributed by atoms with Gasteiger partial charge in [0.1, 0.15) is 0 Å². The molecule has 0 atom stereocenters. The number of nitrogens with one attached hydrogen (secondary N) is 2. The van der Waals surface area contributed by atoms with E-state index in [4.69, 9.17) is 16.9 Å². The topological polar surface area (TPSA) is 82.0 Å². The zero-order valence-corrected chi connectivity index (χ0v) is 15.7. The van der Waals surface area contributed by atoms with Gasteiger partial charge in [0.15, 0.2) is 0 Å². The summed E-state index contributed by atoms with van der Waals surface area (Å²) in [5.74, 6) is -0.619. The van der Waals surface area contributed by atoms with Gasteiger partial charge >= 0.3 is 0 Å². The van der Waals surface area contributed by atoms with Crippen molar-refractivity contribution in [2.75, 3.05) is 10.6 Å². The van der Waals surface area contributed by atoms with Crippen LogP contribution in [-0.2, 0) is 0 Å². The Hall–Kier alpha value is -3.62. The number of benzene rings is 3. The van der Waals surface area contributed by atoms with Crippen molar-refractivity contribution in [1.82, 2.24) is 0 Å². The van der Waals surface area contributed by atoms with Crippen molar-refractivity contribution in [3.63, 3.8) is 0 Å². The Kier molecular flexibility index (Phi) is 5.73. The van der Waals surface area contributed by atoms with Gasteiger partial charge in [-0.2, -0.15) is 5.26 Å². The molecule has 0 aliphatic carbocycles. The molecule has 138 valence electrons. The maximum absolute atomic E-state index is 12.4. The molecule has 28 heavy (non-hydrogen) atoms. The van der Waals surface area contributed by atoms with Crippen LogP contribution in [0.15, 0.2) is 66.7 Å². The minimum Gasteiger partial charge on any atom is -0.322 e. The van der Waals surface area contributed by atoms with Crippen LogP contribution in [0.25, 0.3) is 0 Å². The first-order chi connectivity index (χ1) is 13.5. The second kappa shape index (κ2) is 8.38. The number of carbonyl (C=O) groups excluding carboxylic acids is 2. The molecule has 0 heterocycles. The lowest BCUT2D eigenvalue weighted by atomic mass is 10.1. The van der Waals surface area contributed by atoms with Crippen LogP contribution < -0.4 is 10.6 Å². The van der Waals surface area contributed by atoms with E-state index in [1.807, 2.05) is 13.0 Å². The van der Waals surface area contributed by atoms with Crippen molar-refractivity contribution in [3.05, 3.63) is 94.0 Å². The number of halogens is 1. The molecule has 3 rings (SSSR count). The summed E-state index contributed by atoms with van der Waals surface area (Å²) in [7, 11) is 0. The molecule has 6 heteroatoms. The van der Waals surface area contributed by atoms with E-state index < -0.39 is 0 Å². The average Bonchev–Trinajstić information content (AvgIpc) is 2.71. The first-order valence-electron chi connectivity index (χ1n) is 8.46. The van der Waals surface area contributed by atoms with Crippen LogP contribution in [0.1, 0.15) is 31.8 Å². The van der Waals surface area contributed by atoms with Gasteiger partial charge in [0.05, 0.1) is 11.6 Å². The third kappa shape index (κ3) is 4.37. The maximum atomic E-state index is 12.4. The van der Waals surface area contributed by atoms with Gasteiger partial charge in [-0.1, -0.05) is 23.7 Å². The van der Waals surface area contributed by atoms with E-state index in [1.165, 1.54) is 0 Å². The highest BCUT2D eigenvalue weighted by Gasteiger charge is 2.11. The van der Waals surface area contributed by atoms with Crippen LogP contribution in [-0.4, -0.2) is 11.8 Å². The summed E-state index contributed by atoms with van der Waals surface area (Å²) in [6.07, 6.45) is 0. The Balaban J connectivity index is 1.70. The number of anilines is 2. The molecule has 3 aromatic rings. The van der Waals surface area contributed by atoms with Crippen molar-refractivity contribution in [3.8, 4) is 6.07 Å². The molecule has 0 saturated carbocycles. The van der Waals surface area contributed by atoms with E-state index in [0.29, 0.717) is 33.1 Å². The summed E-state index contributed by atoms with van der Waals surface area (Å²) >= 11 is 6.07. The molecular formula is C22H16ClN3O2. The Bertz CT molecular complexity index is 1090. The highest BCUT2D eigenvalue weighted by Crippen LogP contribution is 2.23. The van der Waals surface area contributed by atoms with Gasteiger partial charge in [-0.15, -0.1) is 0 Å². The Labute approximate surface area is 167 Å². The minimum atomic E-state index is -0.326. The summed E-state index contributed by atoms with van der Waals surface area (Å²) in [6.45, 7) is 1.83. The molecule has 0 radical (unpaired) electrons. The van der Waals surface area contributed by atoms with Gasteiger partial charge < -0.3 is 10.6 Å². The van der Waals surface area contributed by atoms with Crippen molar-refractivity contribution in [2.45, 2.75) is 6.92 Å². The lowest BCUT2D eigenvalue weighted by Gasteiger charge is -2.10. The maximum Gasteiger partial charge on any atom is 0.255 e. The molecule has 3 aromatic carbocycles. The molecule has 2 N–H and O–H groups in total. The van der Waals surface area contributed by atoms with E-state index in [-0.39, 0.29) is 11.8 Å². The monoisotopic (exact) mass is 389 g/mol. The molecule has 0 spiro atoms. The number of hydrogen-bond acceptors (Lipinski definition) is 3. The molecule has 0 aliphatic rings. The lowest BCUT2D eigenvalue weighted by molar-refractivity contribution is 0.101. The fourth-order valence-electron chi connectivity index (χ4n) is 2.58. The predicted octanol–water partition coefficient (Wildman–Crippen LogP) is 5.02. The summed E-state index contributed by atoms with van der Waals surface area (Å²) in [6, 6.07) is 20.3. The fourth-order valence-corrected chi connectivity index (χ4v) is 2.75. The standard InChI is InChI=1S/C22H16ClN3O2/c1-14-19(23)6-3-7-20(14)26-22(28)17-10-8-16(9-11-17)21(27)25-18-5-2-4-15(12-18)13-24/h2-12H,1H3,(H,25,27)(H,26,28). The molecule has 0 bridgehead atoms. The summed E-state index contributed by atoms with van der Waals surface area (Å²) in [5.41, 5.74) is 3.23. The third-order valence-electron chi connectivity index (χ3n) is 4.17. The van der Waals surface area contributed by atoms with Crippen molar-refractivity contribution in [1.29, 1.82) is 5.26 Å². The third-order valence-corrected chi connectivity index (χ3v) is 4.58. The smallest absolute Gasteiger partial charge is 0.255 e. The van der Waals surface area contributed by atoms with Gasteiger partial charge in [0, 0.05) is 27.5 Å². The minimum absolute atomic E-state index is 0.293. The van der Waals surface area contributed by atoms with Gasteiger partial charge in [0.25, 0.3) is 11.8 Å². The van der Waals surface area contributed by atoms with Crippen LogP contribution in [0.5, 0.6) is 0 Å². The van der Waals surface area contributed by atoms with Gasteiger partial charge in [0.2, 0.25) is 0 Å². The first kappa shape index (κ1) is 19.2. The molecule has 0 fully saturated rings. The highest BCUT2D eigenvalue weighted by atomic mass is 35.5. The van der Waals surface area contributed by atoms with Crippen LogP contribution in [0, 0.1) is 18.3 Å². The number of nitriles is 1. The lowest BCUT2D eigenvalue weighted by Crippen LogP contribution is -2.15. The Morgan fingerprint density at radius 3 is 2.14 bits per heavy atom. The van der Waals surface area contributed by atoms with E-state index in [0.717, 1.165) is 5.56 Å². The fraction of sp³-hybridized carbons (Fsp3) is 0.0455. The zero-order chi connectivity index (χ0) is 20.1. The molecule has 5 nitrogen and oxygen atoms in total. The van der Waals surface area contributed by atoms with E-state index in [9.17, 15) is 9.59 Å². The molecule has 0 unspecified atom stereocenters. The predicted molar refractivity (Wildman–Crippen MR) is 110 cm³/mol. The quantitative estimate of drug-likeness (QED) is 0.656. The summed E-state index contributed by atoms with van der Waals surface area (Å²) in [4.78, 5) is 24.8. The zero-order valence-electron chi connectivity index (χ0n) is 15.0. The summed E-state index contributed by atoms with van der Waals surface area (Å²) < 4.78 is 0. The van der Waals surface area contributed by atoms with Gasteiger partial charge in [-0.05, 0) is 67.1 Å². The normalized spacial score (nSPS) is 10.0. The molecule has 0 aliphatic heterocycles. The molecular weight excluding hydrogens is 374 g/mol. The number of amides is 2. The van der Waals surface area contributed by atoms with E-state index in [1.54, 1.807) is 66.7 Å². The van der Waals surface area contributed by atoms with Gasteiger partial charge in [-0.25, -0.2) is 0 Å². The average molecular weight is 390 g/mol.